The van der Waals surface area contributed by atoms with Crippen molar-refractivity contribution in [3.8, 4) is 0 Å². The van der Waals surface area contributed by atoms with Crippen LogP contribution in [0.25, 0.3) is 0 Å². The molecule has 5 rings (SSSR count). The lowest BCUT2D eigenvalue weighted by Gasteiger charge is -2.34. The van der Waals surface area contributed by atoms with Crippen LogP contribution in [0.2, 0.25) is 0 Å². The lowest BCUT2D eigenvalue weighted by molar-refractivity contribution is 0.0985. The zero-order valence-electron chi connectivity index (χ0n) is 19.4. The van der Waals surface area contributed by atoms with Gasteiger partial charge in [0.2, 0.25) is 10.0 Å². The van der Waals surface area contributed by atoms with E-state index in [-0.39, 0.29) is 10.8 Å². The molecule has 6 nitrogen and oxygen atoms in total. The number of benzene rings is 3. The number of carbonyl (C=O) groups is 1. The van der Waals surface area contributed by atoms with Crippen molar-refractivity contribution in [2.24, 2.45) is 0 Å². The van der Waals surface area contributed by atoms with Gasteiger partial charge in [0.1, 0.15) is 5.82 Å². The zero-order chi connectivity index (χ0) is 24.4. The highest BCUT2D eigenvalue weighted by Crippen LogP contribution is 2.32. The Morgan fingerprint density at radius 3 is 2.29 bits per heavy atom. The molecule has 0 unspecified atom stereocenters. The van der Waals surface area contributed by atoms with Gasteiger partial charge in [0.05, 0.1) is 4.90 Å². The van der Waals surface area contributed by atoms with Gasteiger partial charge in [0.25, 0.3) is 5.91 Å². The van der Waals surface area contributed by atoms with Gasteiger partial charge < -0.3 is 4.90 Å². The summed E-state index contributed by atoms with van der Waals surface area (Å²) in [6.45, 7) is 3.60. The van der Waals surface area contributed by atoms with E-state index in [1.54, 1.807) is 27.4 Å². The van der Waals surface area contributed by atoms with Crippen LogP contribution >= 0.6 is 0 Å². The van der Waals surface area contributed by atoms with Crippen molar-refractivity contribution in [2.75, 3.05) is 37.6 Å². The van der Waals surface area contributed by atoms with Crippen molar-refractivity contribution in [1.82, 2.24) is 9.21 Å². The van der Waals surface area contributed by atoms with Gasteiger partial charge in [-0.05, 0) is 66.4 Å². The fraction of sp³-hybridized carbons (Fsp3) is 0.296. The smallest absolute Gasteiger partial charge is 0.258 e. The fourth-order valence-electron chi connectivity index (χ4n) is 4.81. The molecule has 8 heteroatoms. The number of nitrogens with zero attached hydrogens (tertiary/aromatic N) is 3. The number of rotatable bonds is 5. The van der Waals surface area contributed by atoms with Gasteiger partial charge in [-0.15, -0.1) is 0 Å². The summed E-state index contributed by atoms with van der Waals surface area (Å²) in [5, 5.41) is 0. The summed E-state index contributed by atoms with van der Waals surface area (Å²) >= 11 is 0. The number of halogens is 1. The quantitative estimate of drug-likeness (QED) is 0.541. The van der Waals surface area contributed by atoms with Gasteiger partial charge in [0.15, 0.2) is 0 Å². The second-order valence-corrected chi connectivity index (χ2v) is 11.0. The molecule has 2 heterocycles. The number of fused-ring (bicyclic) bond motifs is 1. The molecule has 2 aliphatic rings. The minimum absolute atomic E-state index is 0.212. The van der Waals surface area contributed by atoms with Crippen molar-refractivity contribution in [3.05, 3.63) is 95.3 Å². The molecule has 0 saturated carbocycles. The van der Waals surface area contributed by atoms with E-state index in [0.29, 0.717) is 44.7 Å². The summed E-state index contributed by atoms with van der Waals surface area (Å²) in [4.78, 5) is 17.2. The summed E-state index contributed by atoms with van der Waals surface area (Å²) in [6.07, 6.45) is 1.44. The van der Waals surface area contributed by atoms with Crippen LogP contribution in [0.5, 0.6) is 0 Å². The average molecular weight is 494 g/mol. The normalized spacial score (nSPS) is 17.2. The Hall–Kier alpha value is -3.07. The van der Waals surface area contributed by atoms with Gasteiger partial charge >= 0.3 is 0 Å². The van der Waals surface area contributed by atoms with Crippen LogP contribution in [0.15, 0.2) is 77.7 Å². The molecule has 0 aliphatic carbocycles. The number of hydrogen-bond acceptors (Lipinski definition) is 4. The Bertz CT molecular complexity index is 1310. The van der Waals surface area contributed by atoms with Gasteiger partial charge in [-0.2, -0.15) is 4.31 Å². The fourth-order valence-corrected chi connectivity index (χ4v) is 6.29. The van der Waals surface area contributed by atoms with Gasteiger partial charge in [-0.25, -0.2) is 12.8 Å². The van der Waals surface area contributed by atoms with E-state index < -0.39 is 15.8 Å². The van der Waals surface area contributed by atoms with Crippen LogP contribution in [0, 0.1) is 5.82 Å². The second kappa shape index (κ2) is 9.89. The van der Waals surface area contributed by atoms with Gasteiger partial charge in [-0.1, -0.05) is 30.3 Å². The summed E-state index contributed by atoms with van der Waals surface area (Å²) in [7, 11) is -3.62. The van der Waals surface area contributed by atoms with E-state index in [1.165, 1.54) is 29.8 Å². The van der Waals surface area contributed by atoms with E-state index in [0.717, 1.165) is 24.2 Å². The van der Waals surface area contributed by atoms with E-state index >= 15 is 0 Å². The lowest BCUT2D eigenvalue weighted by Crippen LogP contribution is -2.48. The first kappa shape index (κ1) is 23.7. The first-order valence-electron chi connectivity index (χ1n) is 11.9. The predicted molar refractivity (Wildman–Crippen MR) is 133 cm³/mol. The molecule has 1 saturated heterocycles. The standard InChI is InChI=1S/C27H28FN3O3S/c28-24-10-8-22(9-11-24)27(32)31-14-4-7-23-19-25(12-13-26(23)31)35(33,34)30-17-15-29(16-18-30)20-21-5-2-1-3-6-21/h1-3,5-6,8-13,19H,4,7,14-18,20H2. The molecule has 0 atom stereocenters. The summed E-state index contributed by atoms with van der Waals surface area (Å²) in [5.74, 6) is -0.604. The number of amides is 1. The molecule has 1 amide bonds. The molecule has 3 aromatic carbocycles. The van der Waals surface area contributed by atoms with Crippen LogP contribution < -0.4 is 4.90 Å². The van der Waals surface area contributed by atoms with Crippen molar-refractivity contribution in [3.63, 3.8) is 0 Å². The molecule has 0 N–H and O–H groups in total. The molecular formula is C27H28FN3O3S. The molecule has 35 heavy (non-hydrogen) atoms. The van der Waals surface area contributed by atoms with Crippen LogP contribution in [-0.2, 0) is 23.0 Å². The third-order valence-corrected chi connectivity index (χ3v) is 8.62. The molecule has 1 fully saturated rings. The Morgan fingerprint density at radius 1 is 0.857 bits per heavy atom. The molecule has 182 valence electrons. The first-order chi connectivity index (χ1) is 16.9. The number of anilines is 1. The molecule has 0 radical (unpaired) electrons. The Balaban J connectivity index is 1.30. The summed E-state index contributed by atoms with van der Waals surface area (Å²) in [6, 6.07) is 20.7. The van der Waals surface area contributed by atoms with Crippen molar-refractivity contribution < 1.29 is 17.6 Å². The third-order valence-electron chi connectivity index (χ3n) is 6.72. The molecular weight excluding hydrogens is 465 g/mol. The van der Waals surface area contributed by atoms with E-state index in [1.807, 2.05) is 18.2 Å². The van der Waals surface area contributed by atoms with Gasteiger partial charge in [0, 0.05) is 50.5 Å². The maximum Gasteiger partial charge on any atom is 0.258 e. The Morgan fingerprint density at radius 2 is 1.57 bits per heavy atom. The minimum Gasteiger partial charge on any atom is -0.308 e. The first-order valence-corrected chi connectivity index (χ1v) is 13.3. The van der Waals surface area contributed by atoms with Crippen LogP contribution in [-0.4, -0.2) is 56.3 Å². The highest BCUT2D eigenvalue weighted by Gasteiger charge is 2.31. The molecule has 3 aromatic rings. The van der Waals surface area contributed by atoms with Crippen LogP contribution in [0.1, 0.15) is 27.9 Å². The number of piperazine rings is 1. The highest BCUT2D eigenvalue weighted by atomic mass is 32.2. The van der Waals surface area contributed by atoms with Crippen molar-refractivity contribution in [1.29, 1.82) is 0 Å². The predicted octanol–water partition coefficient (Wildman–Crippen LogP) is 3.93. The molecule has 0 spiro atoms. The van der Waals surface area contributed by atoms with Gasteiger partial charge in [-0.3, -0.25) is 9.69 Å². The summed E-state index contributed by atoms with van der Waals surface area (Å²) < 4.78 is 41.6. The minimum atomic E-state index is -3.62. The number of sulfonamides is 1. The number of hydrogen-bond donors (Lipinski definition) is 0. The number of carbonyl (C=O) groups excluding carboxylic acids is 1. The van der Waals surface area contributed by atoms with Crippen molar-refractivity contribution >= 4 is 21.6 Å². The molecule has 2 aliphatic heterocycles. The Labute approximate surface area is 205 Å². The Kier molecular flexibility index (Phi) is 6.69. The van der Waals surface area contributed by atoms with E-state index in [2.05, 4.69) is 17.0 Å². The zero-order valence-corrected chi connectivity index (χ0v) is 20.3. The lowest BCUT2D eigenvalue weighted by atomic mass is 10.0. The SMILES string of the molecule is O=C(c1ccc(F)cc1)N1CCCc2cc(S(=O)(=O)N3CCN(Cc4ccccc4)CC3)ccc21. The van der Waals surface area contributed by atoms with Crippen LogP contribution in [0.4, 0.5) is 10.1 Å². The van der Waals surface area contributed by atoms with E-state index in [4.69, 9.17) is 0 Å². The monoisotopic (exact) mass is 493 g/mol. The highest BCUT2D eigenvalue weighted by molar-refractivity contribution is 7.89. The topological polar surface area (TPSA) is 60.9 Å². The second-order valence-electron chi connectivity index (χ2n) is 9.02. The maximum absolute atomic E-state index is 13.4. The summed E-state index contributed by atoms with van der Waals surface area (Å²) in [5.41, 5.74) is 3.19. The van der Waals surface area contributed by atoms with E-state index in [9.17, 15) is 17.6 Å². The largest absolute Gasteiger partial charge is 0.308 e. The maximum atomic E-state index is 13.4. The molecule has 0 bridgehead atoms. The number of aryl methyl sites for hydroxylation is 1. The third kappa shape index (κ3) is 5.00. The van der Waals surface area contributed by atoms with Crippen LogP contribution in [0.3, 0.4) is 0 Å². The molecule has 0 aromatic heterocycles. The van der Waals surface area contributed by atoms with Crippen molar-refractivity contribution in [2.45, 2.75) is 24.3 Å². The average Bonchev–Trinajstić information content (AvgIpc) is 2.89.